The Kier molecular flexibility index (Phi) is 4.20. The van der Waals surface area contributed by atoms with Crippen molar-refractivity contribution >= 4 is 22.6 Å². The van der Waals surface area contributed by atoms with Gasteiger partial charge in [0.05, 0.1) is 26.2 Å². The molecule has 3 rings (SSSR count). The molecular weight excluding hydrogens is 287 g/mol. The number of anilines is 1. The molecule has 0 radical (unpaired) electrons. The monoisotopic (exact) mass is 304 g/mol. The third-order valence-corrected chi connectivity index (χ3v) is 3.80. The fourth-order valence-corrected chi connectivity index (χ4v) is 2.73. The maximum atomic E-state index is 13.9. The number of carbonyl (C=O) groups is 1. The quantitative estimate of drug-likeness (QED) is 0.813. The van der Waals surface area contributed by atoms with Crippen molar-refractivity contribution in [3.05, 3.63) is 36.3 Å². The van der Waals surface area contributed by atoms with Crippen LogP contribution in [0.15, 0.2) is 30.5 Å². The van der Waals surface area contributed by atoms with Gasteiger partial charge in [-0.15, -0.1) is 0 Å². The Labute approximate surface area is 127 Å². The smallest absolute Gasteiger partial charge is 0.308 e. The molecule has 1 atom stereocenters. The molecule has 0 saturated carbocycles. The molecule has 0 amide bonds. The molecule has 1 aliphatic rings. The first-order chi connectivity index (χ1) is 10.7. The minimum atomic E-state index is -0.335. The Bertz CT molecular complexity index is 692. The van der Waals surface area contributed by atoms with Crippen molar-refractivity contribution in [3.8, 4) is 0 Å². The normalized spacial score (nSPS) is 18.5. The maximum absolute atomic E-state index is 13.9. The van der Waals surface area contributed by atoms with Crippen molar-refractivity contribution in [1.82, 2.24) is 4.98 Å². The first kappa shape index (κ1) is 14.7. The van der Waals surface area contributed by atoms with Gasteiger partial charge in [-0.05, 0) is 12.1 Å². The summed E-state index contributed by atoms with van der Waals surface area (Å²) in [6, 6.07) is 6.79. The summed E-state index contributed by atoms with van der Waals surface area (Å²) in [7, 11) is 1.36. The zero-order valence-electron chi connectivity index (χ0n) is 12.3. The number of hydrogen-bond acceptors (Lipinski definition) is 5. The number of aromatic nitrogens is 1. The highest BCUT2D eigenvalue weighted by molar-refractivity contribution is 5.91. The number of methoxy groups -OCH3 is 1. The van der Waals surface area contributed by atoms with Crippen LogP contribution in [-0.2, 0) is 14.3 Å². The van der Waals surface area contributed by atoms with Gasteiger partial charge in [0.2, 0.25) is 0 Å². The van der Waals surface area contributed by atoms with Gasteiger partial charge in [-0.1, -0.05) is 12.1 Å². The molecule has 2 aromatic rings. The average Bonchev–Trinajstić information content (AvgIpc) is 2.55. The molecule has 1 fully saturated rings. The fourth-order valence-electron chi connectivity index (χ4n) is 2.73. The van der Waals surface area contributed by atoms with Crippen molar-refractivity contribution in [2.75, 3.05) is 31.7 Å². The van der Waals surface area contributed by atoms with E-state index >= 15 is 0 Å². The summed E-state index contributed by atoms with van der Waals surface area (Å²) in [5.74, 6) is -0.629. The molecular formula is C16H17FN2O3. The number of hydrogen-bond donors (Lipinski definition) is 0. The van der Waals surface area contributed by atoms with Crippen molar-refractivity contribution in [3.63, 3.8) is 0 Å². The number of esters is 1. The van der Waals surface area contributed by atoms with Crippen LogP contribution in [0.2, 0.25) is 0 Å². The van der Waals surface area contributed by atoms with Gasteiger partial charge in [0.1, 0.15) is 11.3 Å². The lowest BCUT2D eigenvalue weighted by Crippen LogP contribution is -2.43. The number of halogens is 1. The number of benzene rings is 1. The van der Waals surface area contributed by atoms with Gasteiger partial charge in [-0.25, -0.2) is 4.39 Å². The topological polar surface area (TPSA) is 51.7 Å². The molecule has 22 heavy (non-hydrogen) atoms. The molecule has 0 aliphatic carbocycles. The van der Waals surface area contributed by atoms with E-state index in [-0.39, 0.29) is 24.3 Å². The van der Waals surface area contributed by atoms with E-state index in [1.54, 1.807) is 12.3 Å². The van der Waals surface area contributed by atoms with Gasteiger partial charge >= 0.3 is 5.97 Å². The summed E-state index contributed by atoms with van der Waals surface area (Å²) in [4.78, 5) is 17.6. The Balaban J connectivity index is 1.87. The molecule has 1 saturated heterocycles. The summed E-state index contributed by atoms with van der Waals surface area (Å²) >= 11 is 0. The largest absolute Gasteiger partial charge is 0.469 e. The molecule has 0 N–H and O–H groups in total. The lowest BCUT2D eigenvalue weighted by atomic mass is 10.1. The van der Waals surface area contributed by atoms with Gasteiger partial charge in [0.15, 0.2) is 0 Å². The van der Waals surface area contributed by atoms with Crippen LogP contribution in [0.25, 0.3) is 10.9 Å². The van der Waals surface area contributed by atoms with Crippen LogP contribution in [0.4, 0.5) is 10.1 Å². The van der Waals surface area contributed by atoms with Gasteiger partial charge in [0.25, 0.3) is 0 Å². The van der Waals surface area contributed by atoms with E-state index in [2.05, 4.69) is 14.6 Å². The van der Waals surface area contributed by atoms with Gasteiger partial charge < -0.3 is 14.4 Å². The summed E-state index contributed by atoms with van der Waals surface area (Å²) in [6.45, 7) is 1.76. The molecule has 1 unspecified atom stereocenters. The number of nitrogens with zero attached hydrogens (tertiary/aromatic N) is 2. The van der Waals surface area contributed by atoms with Crippen LogP contribution in [0.1, 0.15) is 6.42 Å². The predicted octanol–water partition coefficient (Wildman–Crippen LogP) is 2.14. The molecule has 116 valence electrons. The highest BCUT2D eigenvalue weighted by atomic mass is 19.1. The first-order valence-corrected chi connectivity index (χ1v) is 7.15. The number of ether oxygens (including phenoxy) is 2. The van der Waals surface area contributed by atoms with Crippen molar-refractivity contribution in [2.45, 2.75) is 12.5 Å². The highest BCUT2D eigenvalue weighted by Gasteiger charge is 2.24. The Hall–Kier alpha value is -2.21. The zero-order valence-corrected chi connectivity index (χ0v) is 12.3. The predicted molar refractivity (Wildman–Crippen MR) is 80.3 cm³/mol. The van der Waals surface area contributed by atoms with Crippen LogP contribution < -0.4 is 4.90 Å². The van der Waals surface area contributed by atoms with Crippen molar-refractivity contribution < 1.29 is 18.7 Å². The fraction of sp³-hybridized carbons (Fsp3) is 0.375. The molecule has 2 heterocycles. The van der Waals surface area contributed by atoms with Crippen LogP contribution in [0.5, 0.6) is 0 Å². The molecule has 6 heteroatoms. The zero-order chi connectivity index (χ0) is 15.5. The van der Waals surface area contributed by atoms with E-state index in [0.717, 1.165) is 11.1 Å². The van der Waals surface area contributed by atoms with E-state index in [1.165, 1.54) is 13.2 Å². The van der Waals surface area contributed by atoms with Crippen LogP contribution >= 0.6 is 0 Å². The summed E-state index contributed by atoms with van der Waals surface area (Å²) < 4.78 is 24.1. The third kappa shape index (κ3) is 2.87. The second kappa shape index (κ2) is 6.27. The van der Waals surface area contributed by atoms with Gasteiger partial charge in [-0.2, -0.15) is 0 Å². The number of pyridine rings is 1. The van der Waals surface area contributed by atoms with E-state index in [9.17, 15) is 9.18 Å². The van der Waals surface area contributed by atoms with Crippen LogP contribution in [0.3, 0.4) is 0 Å². The lowest BCUT2D eigenvalue weighted by molar-refractivity contribution is -0.144. The third-order valence-electron chi connectivity index (χ3n) is 3.80. The molecule has 1 aliphatic heterocycles. The van der Waals surface area contributed by atoms with Crippen molar-refractivity contribution in [2.24, 2.45) is 0 Å². The highest BCUT2D eigenvalue weighted by Crippen LogP contribution is 2.28. The van der Waals surface area contributed by atoms with Crippen molar-refractivity contribution in [1.29, 1.82) is 0 Å². The average molecular weight is 304 g/mol. The van der Waals surface area contributed by atoms with Gasteiger partial charge in [0, 0.05) is 30.4 Å². The number of fused-ring (bicyclic) bond motifs is 1. The SMILES string of the molecule is COC(=O)CC1CN(c2ccnc3c(F)cccc23)CCO1. The second-order valence-corrected chi connectivity index (χ2v) is 5.19. The minimum Gasteiger partial charge on any atom is -0.469 e. The summed E-state index contributed by atoms with van der Waals surface area (Å²) in [6.07, 6.45) is 1.59. The first-order valence-electron chi connectivity index (χ1n) is 7.15. The van der Waals surface area contributed by atoms with E-state index in [4.69, 9.17) is 4.74 Å². The summed E-state index contributed by atoms with van der Waals surface area (Å²) in [5, 5.41) is 0.765. The van der Waals surface area contributed by atoms with Crippen LogP contribution in [0, 0.1) is 5.82 Å². The minimum absolute atomic E-state index is 0.213. The van der Waals surface area contributed by atoms with E-state index < -0.39 is 0 Å². The molecule has 5 nitrogen and oxygen atoms in total. The molecule has 0 bridgehead atoms. The maximum Gasteiger partial charge on any atom is 0.308 e. The van der Waals surface area contributed by atoms with Gasteiger partial charge in [-0.3, -0.25) is 9.78 Å². The second-order valence-electron chi connectivity index (χ2n) is 5.19. The molecule has 1 aromatic carbocycles. The number of carbonyl (C=O) groups excluding carboxylic acids is 1. The summed E-state index contributed by atoms with van der Waals surface area (Å²) in [5.41, 5.74) is 1.26. The van der Waals surface area contributed by atoms with Crippen LogP contribution in [-0.4, -0.2) is 43.9 Å². The van der Waals surface area contributed by atoms with E-state index in [1.807, 2.05) is 12.1 Å². The lowest BCUT2D eigenvalue weighted by Gasteiger charge is -2.34. The van der Waals surface area contributed by atoms with E-state index in [0.29, 0.717) is 25.2 Å². The standard InChI is InChI=1S/C16H17FN2O3/c1-21-15(20)9-11-10-19(7-8-22-11)14-5-6-18-16-12(14)3-2-4-13(16)17/h2-6,11H,7-10H2,1H3. The number of para-hydroxylation sites is 1. The number of rotatable bonds is 3. The molecule has 0 spiro atoms. The molecule has 1 aromatic heterocycles. The Morgan fingerprint density at radius 1 is 1.50 bits per heavy atom. The Morgan fingerprint density at radius 3 is 3.18 bits per heavy atom. The Morgan fingerprint density at radius 2 is 2.36 bits per heavy atom. The number of morpholine rings is 1.